The summed E-state index contributed by atoms with van der Waals surface area (Å²) < 4.78 is 28.0. The molecular weight excluding hydrogens is 476 g/mol. The third-order valence-corrected chi connectivity index (χ3v) is 7.61. The molecule has 1 aliphatic heterocycles. The molecule has 0 aromatic heterocycles. The van der Waals surface area contributed by atoms with Gasteiger partial charge in [0.1, 0.15) is 0 Å². The van der Waals surface area contributed by atoms with Crippen molar-refractivity contribution in [3.05, 3.63) is 64.7 Å². The van der Waals surface area contributed by atoms with Gasteiger partial charge in [-0.25, -0.2) is 13.1 Å². The molecule has 0 spiro atoms. The summed E-state index contributed by atoms with van der Waals surface area (Å²) in [6.45, 7) is 1.76. The maximum Gasteiger partial charge on any atom is 0.252 e. The van der Waals surface area contributed by atoms with Crippen LogP contribution in [0.1, 0.15) is 41.2 Å². The van der Waals surface area contributed by atoms with E-state index in [0.717, 1.165) is 18.5 Å². The second-order valence-corrected chi connectivity index (χ2v) is 10.7. The van der Waals surface area contributed by atoms with Crippen LogP contribution in [-0.4, -0.2) is 70.3 Å². The normalized spacial score (nSPS) is 15.1. The molecule has 1 saturated heterocycles. The number of benzene rings is 2. The topological polar surface area (TPSA) is 98.8 Å². The summed E-state index contributed by atoms with van der Waals surface area (Å²) in [6, 6.07) is 13.8. The second kappa shape index (κ2) is 11.8. The van der Waals surface area contributed by atoms with Gasteiger partial charge in [0.25, 0.3) is 5.91 Å². The number of sulfonamides is 1. The molecule has 0 unspecified atom stereocenters. The Hall–Kier alpha value is -2.46. The molecule has 0 radical (unpaired) electrons. The van der Waals surface area contributed by atoms with Crippen molar-refractivity contribution in [3.63, 3.8) is 0 Å². The Kier molecular flexibility index (Phi) is 9.07. The SMILES string of the molecule is CN(C)[C@H](CNC(=O)c1cc(S(=O)(=O)NCCCN2CCCC2=O)ccc1Cl)c1ccccc1. The van der Waals surface area contributed by atoms with Crippen LogP contribution in [0.25, 0.3) is 0 Å². The van der Waals surface area contributed by atoms with Gasteiger partial charge in [0.2, 0.25) is 15.9 Å². The van der Waals surface area contributed by atoms with E-state index in [1.165, 1.54) is 18.2 Å². The highest BCUT2D eigenvalue weighted by molar-refractivity contribution is 7.89. The second-order valence-electron chi connectivity index (χ2n) is 8.48. The maximum absolute atomic E-state index is 12.9. The Morgan fingerprint density at radius 3 is 2.56 bits per heavy atom. The summed E-state index contributed by atoms with van der Waals surface area (Å²) in [5, 5.41) is 3.04. The quantitative estimate of drug-likeness (QED) is 0.456. The number of likely N-dealkylation sites (tertiary alicyclic amines) is 1. The lowest BCUT2D eigenvalue weighted by atomic mass is 10.1. The molecule has 0 aliphatic carbocycles. The minimum absolute atomic E-state index is 0.0356. The number of nitrogens with one attached hydrogen (secondary N) is 2. The number of carbonyl (C=O) groups is 2. The van der Waals surface area contributed by atoms with Gasteiger partial charge >= 0.3 is 0 Å². The predicted octanol–water partition coefficient (Wildman–Crippen LogP) is 2.66. The van der Waals surface area contributed by atoms with E-state index in [0.29, 0.717) is 25.9 Å². The number of amides is 2. The van der Waals surface area contributed by atoms with E-state index in [1.54, 1.807) is 4.90 Å². The lowest BCUT2D eigenvalue weighted by Gasteiger charge is -2.25. The largest absolute Gasteiger partial charge is 0.350 e. The molecule has 2 aromatic carbocycles. The van der Waals surface area contributed by atoms with Gasteiger partial charge in [0.05, 0.1) is 21.5 Å². The Morgan fingerprint density at radius 2 is 1.91 bits per heavy atom. The number of hydrogen-bond acceptors (Lipinski definition) is 5. The minimum Gasteiger partial charge on any atom is -0.350 e. The van der Waals surface area contributed by atoms with E-state index < -0.39 is 15.9 Å². The number of carbonyl (C=O) groups excluding carboxylic acids is 2. The molecule has 1 fully saturated rings. The van der Waals surface area contributed by atoms with Crippen LogP contribution in [0.3, 0.4) is 0 Å². The number of rotatable bonds is 11. The van der Waals surface area contributed by atoms with Gasteiger partial charge in [-0.05, 0) is 50.7 Å². The number of hydrogen-bond donors (Lipinski definition) is 2. The Morgan fingerprint density at radius 1 is 1.18 bits per heavy atom. The van der Waals surface area contributed by atoms with E-state index in [1.807, 2.05) is 49.3 Å². The predicted molar refractivity (Wildman–Crippen MR) is 132 cm³/mol. The van der Waals surface area contributed by atoms with Gasteiger partial charge < -0.3 is 15.1 Å². The van der Waals surface area contributed by atoms with Gasteiger partial charge in [-0.3, -0.25) is 9.59 Å². The molecule has 0 bridgehead atoms. The minimum atomic E-state index is -3.83. The summed E-state index contributed by atoms with van der Waals surface area (Å²) in [7, 11) is 0.0214. The smallest absolute Gasteiger partial charge is 0.252 e. The zero-order chi connectivity index (χ0) is 24.7. The number of halogens is 1. The molecule has 1 aliphatic rings. The standard InChI is InChI=1S/C24H31ClN4O4S/c1-28(2)22(18-8-4-3-5-9-18)17-26-24(31)20-16-19(11-12-21(20)25)34(32,33)27-13-7-15-29-14-6-10-23(29)30/h3-5,8-9,11-12,16,22,27H,6-7,10,13-15,17H2,1-2H3,(H,26,31)/t22-/m1/s1. The first-order valence-electron chi connectivity index (χ1n) is 11.3. The first-order chi connectivity index (χ1) is 16.2. The monoisotopic (exact) mass is 506 g/mol. The van der Waals surface area contributed by atoms with Crippen LogP contribution < -0.4 is 10.0 Å². The highest BCUT2D eigenvalue weighted by atomic mass is 35.5. The van der Waals surface area contributed by atoms with Crippen molar-refractivity contribution < 1.29 is 18.0 Å². The van der Waals surface area contributed by atoms with Crippen molar-refractivity contribution >= 4 is 33.4 Å². The zero-order valence-electron chi connectivity index (χ0n) is 19.5. The van der Waals surface area contributed by atoms with E-state index in [4.69, 9.17) is 11.6 Å². The van der Waals surface area contributed by atoms with Gasteiger partial charge in [-0.1, -0.05) is 41.9 Å². The Labute approximate surface area is 206 Å². The zero-order valence-corrected chi connectivity index (χ0v) is 21.0. The fraction of sp³-hybridized carbons (Fsp3) is 0.417. The van der Waals surface area contributed by atoms with Gasteiger partial charge in [0.15, 0.2) is 0 Å². The number of likely N-dealkylation sites (N-methyl/N-ethyl adjacent to an activating group) is 1. The van der Waals surface area contributed by atoms with Crippen LogP contribution in [0.4, 0.5) is 0 Å². The summed E-state index contributed by atoms with van der Waals surface area (Å²) >= 11 is 6.23. The van der Waals surface area contributed by atoms with Crippen molar-refractivity contribution in [1.82, 2.24) is 19.8 Å². The van der Waals surface area contributed by atoms with Crippen LogP contribution >= 0.6 is 11.6 Å². The van der Waals surface area contributed by atoms with E-state index in [-0.39, 0.29) is 34.0 Å². The molecule has 0 saturated carbocycles. The first-order valence-corrected chi connectivity index (χ1v) is 13.1. The van der Waals surface area contributed by atoms with E-state index in [9.17, 15) is 18.0 Å². The van der Waals surface area contributed by atoms with Crippen molar-refractivity contribution in [3.8, 4) is 0 Å². The average molecular weight is 507 g/mol. The van der Waals surface area contributed by atoms with Gasteiger partial charge in [-0.2, -0.15) is 0 Å². The molecule has 2 aromatic rings. The fourth-order valence-electron chi connectivity index (χ4n) is 3.90. The average Bonchev–Trinajstić information content (AvgIpc) is 3.22. The van der Waals surface area contributed by atoms with Crippen molar-refractivity contribution in [2.24, 2.45) is 0 Å². The molecule has 2 amide bonds. The Bertz CT molecular complexity index is 1110. The molecule has 1 atom stereocenters. The molecule has 34 heavy (non-hydrogen) atoms. The maximum atomic E-state index is 12.9. The Balaban J connectivity index is 1.62. The van der Waals surface area contributed by atoms with Gasteiger partial charge in [-0.15, -0.1) is 0 Å². The highest BCUT2D eigenvalue weighted by Crippen LogP contribution is 2.22. The summed E-state index contributed by atoms with van der Waals surface area (Å²) in [5.41, 5.74) is 1.15. The van der Waals surface area contributed by atoms with Crippen LogP contribution in [0.5, 0.6) is 0 Å². The fourth-order valence-corrected chi connectivity index (χ4v) is 5.21. The van der Waals surface area contributed by atoms with E-state index in [2.05, 4.69) is 10.0 Å². The van der Waals surface area contributed by atoms with Crippen LogP contribution in [0, 0.1) is 0 Å². The lowest BCUT2D eigenvalue weighted by Crippen LogP contribution is -2.35. The molecule has 8 nitrogen and oxygen atoms in total. The lowest BCUT2D eigenvalue weighted by molar-refractivity contribution is -0.127. The third kappa shape index (κ3) is 6.79. The molecule has 3 rings (SSSR count). The van der Waals surface area contributed by atoms with E-state index >= 15 is 0 Å². The third-order valence-electron chi connectivity index (χ3n) is 5.82. The molecule has 2 N–H and O–H groups in total. The van der Waals surface area contributed by atoms with Crippen LogP contribution in [0.15, 0.2) is 53.4 Å². The molecular formula is C24H31ClN4O4S. The van der Waals surface area contributed by atoms with Gasteiger partial charge in [0, 0.05) is 32.6 Å². The molecule has 1 heterocycles. The molecule has 184 valence electrons. The van der Waals surface area contributed by atoms with Crippen LogP contribution in [0.2, 0.25) is 5.02 Å². The highest BCUT2D eigenvalue weighted by Gasteiger charge is 2.22. The summed E-state index contributed by atoms with van der Waals surface area (Å²) in [5.74, 6) is -0.336. The number of nitrogens with zero attached hydrogens (tertiary/aromatic N) is 2. The summed E-state index contributed by atoms with van der Waals surface area (Å²) in [6.07, 6.45) is 1.92. The van der Waals surface area contributed by atoms with Crippen molar-refractivity contribution in [2.45, 2.75) is 30.2 Å². The van der Waals surface area contributed by atoms with Crippen LogP contribution in [-0.2, 0) is 14.8 Å². The summed E-state index contributed by atoms with van der Waals surface area (Å²) in [4.78, 5) is 28.2. The molecule has 10 heteroatoms. The van der Waals surface area contributed by atoms with Crippen molar-refractivity contribution in [1.29, 1.82) is 0 Å². The van der Waals surface area contributed by atoms with Crippen molar-refractivity contribution in [2.75, 3.05) is 40.3 Å². The first kappa shape index (κ1) is 26.2.